The van der Waals surface area contributed by atoms with Gasteiger partial charge in [-0.25, -0.2) is 8.42 Å². The summed E-state index contributed by atoms with van der Waals surface area (Å²) in [5.41, 5.74) is 0.598. The van der Waals surface area contributed by atoms with E-state index >= 15 is 0 Å². The van der Waals surface area contributed by atoms with Crippen LogP contribution in [0.3, 0.4) is 0 Å². The zero-order valence-electron chi connectivity index (χ0n) is 11.7. The highest BCUT2D eigenvalue weighted by molar-refractivity contribution is 7.90. The number of halogens is 1. The Kier molecular flexibility index (Phi) is 4.75. The first-order valence-electron chi connectivity index (χ1n) is 6.15. The number of benzene rings is 2. The predicted octanol–water partition coefficient (Wildman–Crippen LogP) is 3.33. The molecule has 6 heteroatoms. The Morgan fingerprint density at radius 2 is 1.48 bits per heavy atom. The predicted molar refractivity (Wildman–Crippen MR) is 81.9 cm³/mol. The van der Waals surface area contributed by atoms with Gasteiger partial charge in [-0.1, -0.05) is 11.6 Å². The molecule has 21 heavy (non-hydrogen) atoms. The maximum atomic E-state index is 12.4. The molecule has 0 radical (unpaired) electrons. The van der Waals surface area contributed by atoms with Gasteiger partial charge in [0, 0.05) is 11.1 Å². The molecule has 2 rings (SSSR count). The molecule has 0 saturated carbocycles. The van der Waals surface area contributed by atoms with Gasteiger partial charge in [-0.15, -0.1) is 0 Å². The Labute approximate surface area is 129 Å². The Morgan fingerprint density at radius 3 is 1.95 bits per heavy atom. The largest absolute Gasteiger partial charge is 0.497 e. The molecule has 0 saturated heterocycles. The number of sulfone groups is 1. The minimum Gasteiger partial charge on any atom is -0.497 e. The lowest BCUT2D eigenvalue weighted by atomic mass is 10.2. The molecule has 0 spiro atoms. The van der Waals surface area contributed by atoms with Crippen LogP contribution in [0.5, 0.6) is 11.5 Å². The molecule has 2 aromatic carbocycles. The Hall–Kier alpha value is -1.72. The molecular weight excluding hydrogens is 312 g/mol. The zero-order valence-corrected chi connectivity index (χ0v) is 13.2. The molecule has 4 nitrogen and oxygen atoms in total. The van der Waals surface area contributed by atoms with E-state index in [0.29, 0.717) is 22.1 Å². The Morgan fingerprint density at radius 1 is 0.952 bits per heavy atom. The molecule has 0 atom stereocenters. The molecule has 0 amide bonds. The molecule has 0 unspecified atom stereocenters. The van der Waals surface area contributed by atoms with Crippen molar-refractivity contribution in [3.05, 3.63) is 53.1 Å². The third-order valence-corrected chi connectivity index (χ3v) is 4.90. The van der Waals surface area contributed by atoms with Crippen molar-refractivity contribution in [2.45, 2.75) is 10.6 Å². The van der Waals surface area contributed by atoms with Crippen LogP contribution in [-0.2, 0) is 15.6 Å². The lowest BCUT2D eigenvalue weighted by Crippen LogP contribution is -2.05. The molecule has 0 aliphatic carbocycles. The topological polar surface area (TPSA) is 52.6 Å². The lowest BCUT2D eigenvalue weighted by molar-refractivity contribution is 0.393. The summed E-state index contributed by atoms with van der Waals surface area (Å²) in [6, 6.07) is 11.1. The second-order valence-electron chi connectivity index (χ2n) is 4.43. The summed E-state index contributed by atoms with van der Waals surface area (Å²) in [7, 11) is -0.410. The summed E-state index contributed by atoms with van der Waals surface area (Å²) < 4.78 is 35.1. The van der Waals surface area contributed by atoms with Gasteiger partial charge >= 0.3 is 0 Å². The number of hydrogen-bond acceptors (Lipinski definition) is 4. The van der Waals surface area contributed by atoms with Gasteiger partial charge in [0.1, 0.15) is 11.5 Å². The van der Waals surface area contributed by atoms with Gasteiger partial charge in [-0.05, 0) is 42.0 Å². The van der Waals surface area contributed by atoms with Crippen molar-refractivity contribution >= 4 is 21.4 Å². The van der Waals surface area contributed by atoms with Gasteiger partial charge in [0.05, 0.1) is 24.9 Å². The summed E-state index contributed by atoms with van der Waals surface area (Å²) in [6.45, 7) is 0. The molecule has 2 aromatic rings. The van der Waals surface area contributed by atoms with E-state index in [0.717, 1.165) is 0 Å². The van der Waals surface area contributed by atoms with Gasteiger partial charge in [0.25, 0.3) is 0 Å². The third-order valence-electron chi connectivity index (χ3n) is 2.94. The van der Waals surface area contributed by atoms with Crippen molar-refractivity contribution in [1.29, 1.82) is 0 Å². The Bertz CT molecular complexity index is 702. The van der Waals surface area contributed by atoms with Gasteiger partial charge in [-0.3, -0.25) is 0 Å². The fourth-order valence-corrected chi connectivity index (χ4v) is 3.34. The van der Waals surface area contributed by atoms with Crippen molar-refractivity contribution in [2.24, 2.45) is 0 Å². The van der Waals surface area contributed by atoms with E-state index in [1.54, 1.807) is 30.3 Å². The van der Waals surface area contributed by atoms with Crippen LogP contribution in [0.2, 0.25) is 5.02 Å². The van der Waals surface area contributed by atoms with Crippen LogP contribution in [0.15, 0.2) is 47.4 Å². The second-order valence-corrected chi connectivity index (χ2v) is 6.86. The molecule has 112 valence electrons. The molecule has 0 fully saturated rings. The summed E-state index contributed by atoms with van der Waals surface area (Å²) in [6.07, 6.45) is 0. The standard InChI is InChI=1S/C15H15ClO4S/c1-19-13-7-11(8-14(9-13)20-2)10-21(17,18)15-5-3-12(16)4-6-15/h3-9H,10H2,1-2H3. The number of hydrogen-bond donors (Lipinski definition) is 0. The van der Waals surface area contributed by atoms with Crippen LogP contribution in [0, 0.1) is 0 Å². The third kappa shape index (κ3) is 3.89. The normalized spacial score (nSPS) is 11.2. The molecule has 0 N–H and O–H groups in total. The molecule has 0 aromatic heterocycles. The average molecular weight is 327 g/mol. The zero-order chi connectivity index (χ0) is 15.5. The molecule has 0 bridgehead atoms. The first-order chi connectivity index (χ1) is 9.94. The highest BCUT2D eigenvalue weighted by atomic mass is 35.5. The second kappa shape index (κ2) is 6.37. The first-order valence-corrected chi connectivity index (χ1v) is 8.18. The minimum absolute atomic E-state index is 0.137. The van der Waals surface area contributed by atoms with Gasteiger partial charge in [0.2, 0.25) is 0 Å². The highest BCUT2D eigenvalue weighted by Gasteiger charge is 2.16. The maximum Gasteiger partial charge on any atom is 0.182 e. The fraction of sp³-hybridized carbons (Fsp3) is 0.200. The number of ether oxygens (including phenoxy) is 2. The summed E-state index contributed by atoms with van der Waals surface area (Å²) in [4.78, 5) is 0.230. The van der Waals surface area contributed by atoms with Crippen LogP contribution in [0.25, 0.3) is 0 Å². The molecule has 0 aliphatic heterocycles. The number of methoxy groups -OCH3 is 2. The van der Waals surface area contributed by atoms with E-state index in [9.17, 15) is 8.42 Å². The van der Waals surface area contributed by atoms with E-state index in [-0.39, 0.29) is 10.6 Å². The smallest absolute Gasteiger partial charge is 0.182 e. The first kappa shape index (κ1) is 15.7. The SMILES string of the molecule is COc1cc(CS(=O)(=O)c2ccc(Cl)cc2)cc(OC)c1. The van der Waals surface area contributed by atoms with Crippen molar-refractivity contribution < 1.29 is 17.9 Å². The van der Waals surface area contributed by atoms with E-state index in [1.807, 2.05) is 0 Å². The van der Waals surface area contributed by atoms with E-state index < -0.39 is 9.84 Å². The lowest BCUT2D eigenvalue weighted by Gasteiger charge is -2.09. The molecular formula is C15H15ClO4S. The van der Waals surface area contributed by atoms with Crippen LogP contribution in [0.1, 0.15) is 5.56 Å². The van der Waals surface area contributed by atoms with E-state index in [1.165, 1.54) is 26.4 Å². The van der Waals surface area contributed by atoms with E-state index in [4.69, 9.17) is 21.1 Å². The summed E-state index contributed by atoms with van der Waals surface area (Å²) >= 11 is 5.77. The van der Waals surface area contributed by atoms with Crippen LogP contribution < -0.4 is 9.47 Å². The summed E-state index contributed by atoms with van der Waals surface area (Å²) in [5, 5.41) is 0.497. The van der Waals surface area contributed by atoms with Crippen molar-refractivity contribution in [2.75, 3.05) is 14.2 Å². The molecule has 0 heterocycles. The maximum absolute atomic E-state index is 12.4. The van der Waals surface area contributed by atoms with Crippen LogP contribution in [0.4, 0.5) is 0 Å². The number of rotatable bonds is 5. The summed E-state index contributed by atoms with van der Waals surface area (Å²) in [5.74, 6) is 0.966. The Balaban J connectivity index is 2.34. The van der Waals surface area contributed by atoms with Crippen molar-refractivity contribution in [3.8, 4) is 11.5 Å². The van der Waals surface area contributed by atoms with Crippen LogP contribution in [-0.4, -0.2) is 22.6 Å². The van der Waals surface area contributed by atoms with Gasteiger partial charge in [0.15, 0.2) is 9.84 Å². The minimum atomic E-state index is -3.45. The highest BCUT2D eigenvalue weighted by Crippen LogP contribution is 2.26. The monoisotopic (exact) mass is 326 g/mol. The van der Waals surface area contributed by atoms with Crippen molar-refractivity contribution in [3.63, 3.8) is 0 Å². The van der Waals surface area contributed by atoms with Gasteiger partial charge < -0.3 is 9.47 Å². The van der Waals surface area contributed by atoms with Gasteiger partial charge in [-0.2, -0.15) is 0 Å². The quantitative estimate of drug-likeness (QED) is 0.845. The van der Waals surface area contributed by atoms with E-state index in [2.05, 4.69) is 0 Å². The molecule has 0 aliphatic rings. The average Bonchev–Trinajstić information content (AvgIpc) is 2.46. The van der Waals surface area contributed by atoms with Crippen LogP contribution >= 0.6 is 11.6 Å². The fourth-order valence-electron chi connectivity index (χ4n) is 1.89. The van der Waals surface area contributed by atoms with Crippen molar-refractivity contribution in [1.82, 2.24) is 0 Å².